The highest BCUT2D eigenvalue weighted by molar-refractivity contribution is 5.93. The van der Waals surface area contributed by atoms with Crippen LogP contribution in [0.15, 0.2) is 65.7 Å². The molecule has 0 aliphatic carbocycles. The largest absolute Gasteiger partial charge is 0.275 e. The van der Waals surface area contributed by atoms with Gasteiger partial charge in [-0.2, -0.15) is 5.10 Å². The Balaban J connectivity index is 0.000000948. The molecule has 0 unspecified atom stereocenters. The SMILES string of the molecule is CC.Cc1nc2cccc(-c3cnn(C)c3)c2c(=O)n1-c1ccccc1. The van der Waals surface area contributed by atoms with Crippen molar-refractivity contribution in [1.29, 1.82) is 0 Å². The van der Waals surface area contributed by atoms with Crippen LogP contribution in [-0.2, 0) is 7.05 Å². The number of benzene rings is 2. The fourth-order valence-electron chi connectivity index (χ4n) is 3.02. The van der Waals surface area contributed by atoms with E-state index in [0.717, 1.165) is 16.8 Å². The van der Waals surface area contributed by atoms with E-state index in [9.17, 15) is 4.79 Å². The van der Waals surface area contributed by atoms with Crippen molar-refractivity contribution in [2.45, 2.75) is 20.8 Å². The van der Waals surface area contributed by atoms with Gasteiger partial charge in [-0.3, -0.25) is 14.0 Å². The molecule has 0 radical (unpaired) electrons. The van der Waals surface area contributed by atoms with E-state index in [4.69, 9.17) is 0 Å². The Kier molecular flexibility index (Phi) is 4.98. The highest BCUT2D eigenvalue weighted by Crippen LogP contribution is 2.25. The lowest BCUT2D eigenvalue weighted by Crippen LogP contribution is -2.22. The van der Waals surface area contributed by atoms with E-state index < -0.39 is 0 Å². The van der Waals surface area contributed by atoms with Crippen molar-refractivity contribution >= 4 is 10.9 Å². The summed E-state index contributed by atoms with van der Waals surface area (Å²) in [6.45, 7) is 5.85. The normalized spacial score (nSPS) is 10.5. The van der Waals surface area contributed by atoms with Crippen LogP contribution < -0.4 is 5.56 Å². The van der Waals surface area contributed by atoms with Crippen molar-refractivity contribution in [3.8, 4) is 16.8 Å². The maximum absolute atomic E-state index is 13.2. The molecule has 4 rings (SSSR count). The Hall–Kier alpha value is -3.21. The Labute approximate surface area is 152 Å². The van der Waals surface area contributed by atoms with E-state index >= 15 is 0 Å². The predicted molar refractivity (Wildman–Crippen MR) is 106 cm³/mol. The van der Waals surface area contributed by atoms with Gasteiger partial charge in [0.05, 0.1) is 22.8 Å². The molecule has 0 atom stereocenters. The Morgan fingerprint density at radius 1 is 0.962 bits per heavy atom. The van der Waals surface area contributed by atoms with Crippen molar-refractivity contribution in [3.05, 3.63) is 77.1 Å². The van der Waals surface area contributed by atoms with Gasteiger partial charge >= 0.3 is 0 Å². The van der Waals surface area contributed by atoms with Gasteiger partial charge in [-0.05, 0) is 30.7 Å². The molecule has 4 aromatic rings. The van der Waals surface area contributed by atoms with Gasteiger partial charge in [-0.25, -0.2) is 4.98 Å². The maximum atomic E-state index is 13.2. The van der Waals surface area contributed by atoms with E-state index in [1.807, 2.05) is 82.5 Å². The zero-order chi connectivity index (χ0) is 18.7. The van der Waals surface area contributed by atoms with Crippen LogP contribution in [0.3, 0.4) is 0 Å². The second-order valence-corrected chi connectivity index (χ2v) is 5.74. The summed E-state index contributed by atoms with van der Waals surface area (Å²) >= 11 is 0. The number of nitrogens with zero attached hydrogens (tertiary/aromatic N) is 4. The number of hydrogen-bond donors (Lipinski definition) is 0. The second-order valence-electron chi connectivity index (χ2n) is 5.74. The van der Waals surface area contributed by atoms with E-state index in [0.29, 0.717) is 16.7 Å². The van der Waals surface area contributed by atoms with Crippen LogP contribution in [0, 0.1) is 6.92 Å². The zero-order valence-corrected chi connectivity index (χ0v) is 15.5. The van der Waals surface area contributed by atoms with Crippen molar-refractivity contribution in [2.24, 2.45) is 7.05 Å². The molecule has 0 bridgehead atoms. The van der Waals surface area contributed by atoms with Crippen LogP contribution in [0.4, 0.5) is 0 Å². The first-order valence-corrected chi connectivity index (χ1v) is 8.72. The molecule has 0 saturated heterocycles. The quantitative estimate of drug-likeness (QED) is 0.548. The molecule has 0 saturated carbocycles. The van der Waals surface area contributed by atoms with Gasteiger partial charge in [0.15, 0.2) is 0 Å². The van der Waals surface area contributed by atoms with Crippen molar-refractivity contribution in [1.82, 2.24) is 19.3 Å². The van der Waals surface area contributed by atoms with Crippen molar-refractivity contribution in [3.63, 3.8) is 0 Å². The standard InChI is InChI=1S/C19H16N4O.C2H6/c1-13-21-17-10-6-9-16(14-11-20-22(2)12-14)18(17)19(24)23(13)15-7-4-3-5-8-15;1-2/h3-12H,1-2H3;1-2H3. The summed E-state index contributed by atoms with van der Waals surface area (Å²) in [6.07, 6.45) is 3.67. The number of rotatable bonds is 2. The van der Waals surface area contributed by atoms with Crippen LogP contribution >= 0.6 is 0 Å². The predicted octanol–water partition coefficient (Wildman–Crippen LogP) is 4.12. The average Bonchev–Trinajstić information content (AvgIpc) is 3.10. The minimum Gasteiger partial charge on any atom is -0.275 e. The van der Waals surface area contributed by atoms with Crippen LogP contribution in [0.5, 0.6) is 0 Å². The summed E-state index contributed by atoms with van der Waals surface area (Å²) in [4.78, 5) is 17.9. The summed E-state index contributed by atoms with van der Waals surface area (Å²) in [5, 5.41) is 4.83. The molecule has 2 aromatic carbocycles. The smallest absolute Gasteiger partial charge is 0.266 e. The summed E-state index contributed by atoms with van der Waals surface area (Å²) in [6, 6.07) is 15.3. The third kappa shape index (κ3) is 3.04. The minimum atomic E-state index is -0.0665. The number of hydrogen-bond acceptors (Lipinski definition) is 3. The maximum Gasteiger partial charge on any atom is 0.266 e. The van der Waals surface area contributed by atoms with Crippen LogP contribution in [0.25, 0.3) is 27.7 Å². The van der Waals surface area contributed by atoms with E-state index in [2.05, 4.69) is 10.1 Å². The number of fused-ring (bicyclic) bond motifs is 1. The first-order chi connectivity index (χ1) is 12.6. The van der Waals surface area contributed by atoms with Crippen LogP contribution in [0.1, 0.15) is 19.7 Å². The Morgan fingerprint density at radius 3 is 2.35 bits per heavy atom. The molecule has 5 heteroatoms. The fourth-order valence-corrected chi connectivity index (χ4v) is 3.02. The molecule has 0 spiro atoms. The minimum absolute atomic E-state index is 0.0665. The number of aryl methyl sites for hydroxylation is 2. The molecule has 0 N–H and O–H groups in total. The third-order valence-electron chi connectivity index (χ3n) is 4.10. The van der Waals surface area contributed by atoms with E-state index in [-0.39, 0.29) is 5.56 Å². The van der Waals surface area contributed by atoms with Crippen LogP contribution in [-0.4, -0.2) is 19.3 Å². The Morgan fingerprint density at radius 2 is 1.69 bits per heavy atom. The first kappa shape index (κ1) is 17.6. The third-order valence-corrected chi connectivity index (χ3v) is 4.10. The molecule has 0 fully saturated rings. The molecular formula is C21H22N4O. The summed E-state index contributed by atoms with van der Waals surface area (Å²) in [7, 11) is 1.86. The molecule has 0 aliphatic heterocycles. The van der Waals surface area contributed by atoms with Gasteiger partial charge in [-0.15, -0.1) is 0 Å². The number of aromatic nitrogens is 4. The highest BCUT2D eigenvalue weighted by Gasteiger charge is 2.14. The summed E-state index contributed by atoms with van der Waals surface area (Å²) in [5.41, 5.74) is 3.21. The molecule has 5 nitrogen and oxygen atoms in total. The molecular weight excluding hydrogens is 324 g/mol. The lowest BCUT2D eigenvalue weighted by atomic mass is 10.0. The van der Waals surface area contributed by atoms with Gasteiger partial charge in [0.25, 0.3) is 5.56 Å². The fraction of sp³-hybridized carbons (Fsp3) is 0.190. The summed E-state index contributed by atoms with van der Waals surface area (Å²) < 4.78 is 3.38. The number of para-hydroxylation sites is 1. The van der Waals surface area contributed by atoms with Gasteiger partial charge < -0.3 is 0 Å². The first-order valence-electron chi connectivity index (χ1n) is 8.72. The van der Waals surface area contributed by atoms with Crippen molar-refractivity contribution in [2.75, 3.05) is 0 Å². The van der Waals surface area contributed by atoms with E-state index in [1.165, 1.54) is 0 Å². The molecule has 2 aromatic heterocycles. The Bertz CT molecular complexity index is 1090. The topological polar surface area (TPSA) is 52.7 Å². The molecule has 0 amide bonds. The molecule has 26 heavy (non-hydrogen) atoms. The second kappa shape index (κ2) is 7.35. The average molecular weight is 346 g/mol. The van der Waals surface area contributed by atoms with Gasteiger partial charge in [-0.1, -0.05) is 44.2 Å². The summed E-state index contributed by atoms with van der Waals surface area (Å²) in [5.74, 6) is 0.669. The van der Waals surface area contributed by atoms with Crippen molar-refractivity contribution < 1.29 is 0 Å². The molecule has 2 heterocycles. The molecule has 132 valence electrons. The van der Waals surface area contributed by atoms with Gasteiger partial charge in [0, 0.05) is 18.8 Å². The van der Waals surface area contributed by atoms with Gasteiger partial charge in [0.1, 0.15) is 5.82 Å². The lowest BCUT2D eigenvalue weighted by molar-refractivity contribution is 0.768. The monoisotopic (exact) mass is 346 g/mol. The van der Waals surface area contributed by atoms with E-state index in [1.54, 1.807) is 15.4 Å². The van der Waals surface area contributed by atoms with Gasteiger partial charge in [0.2, 0.25) is 0 Å². The molecule has 0 aliphatic rings. The highest BCUT2D eigenvalue weighted by atomic mass is 16.1. The zero-order valence-electron chi connectivity index (χ0n) is 15.5. The lowest BCUT2D eigenvalue weighted by Gasteiger charge is -2.12. The van der Waals surface area contributed by atoms with Crippen LogP contribution in [0.2, 0.25) is 0 Å².